The second kappa shape index (κ2) is 2.31. The van der Waals surface area contributed by atoms with Crippen LogP contribution in [-0.4, -0.2) is 0 Å². The molecule has 0 saturated heterocycles. The second-order valence-corrected chi connectivity index (χ2v) is 3.41. The van der Waals surface area contributed by atoms with Crippen molar-refractivity contribution in [3.8, 4) is 0 Å². The summed E-state index contributed by atoms with van der Waals surface area (Å²) in [7, 11) is 0. The van der Waals surface area contributed by atoms with Crippen molar-refractivity contribution < 1.29 is 4.39 Å². The Morgan fingerprint density at radius 2 is 2.38 bits per heavy atom. The van der Waals surface area contributed by atoms with E-state index < -0.39 is 0 Å². The first-order valence-corrected chi connectivity index (χ1v) is 4.06. The molecular formula is C5H4FIS. The molecule has 0 N–H and O–H groups in total. The van der Waals surface area contributed by atoms with Crippen molar-refractivity contribution in [2.75, 3.05) is 0 Å². The van der Waals surface area contributed by atoms with Crippen molar-refractivity contribution in [3.63, 3.8) is 0 Å². The van der Waals surface area contributed by atoms with E-state index in [0.717, 1.165) is 20.5 Å². The molecule has 0 amide bonds. The Morgan fingerprint density at radius 1 is 1.75 bits per heavy atom. The quantitative estimate of drug-likeness (QED) is 0.613. The number of hydrogen-bond donors (Lipinski definition) is 0. The average Bonchev–Trinajstić information content (AvgIpc) is 1.98. The summed E-state index contributed by atoms with van der Waals surface area (Å²) in [5.74, 6) is 0. The highest BCUT2D eigenvalue weighted by atomic mass is 127. The Balaban J connectivity index is 3.19. The van der Waals surface area contributed by atoms with E-state index in [0.29, 0.717) is 0 Å². The van der Waals surface area contributed by atoms with Gasteiger partial charge in [-0.1, -0.05) is 0 Å². The molecule has 1 heterocycles. The topological polar surface area (TPSA) is 0 Å². The molecule has 0 atom stereocenters. The zero-order valence-electron chi connectivity index (χ0n) is 4.24. The van der Waals surface area contributed by atoms with Crippen molar-refractivity contribution in [1.82, 2.24) is 0 Å². The van der Waals surface area contributed by atoms with Gasteiger partial charge in [0.1, 0.15) is 0 Å². The number of halogens is 2. The SMILES string of the molecule is Cc1csc(F)c1I. The maximum absolute atomic E-state index is 12.4. The minimum absolute atomic E-state index is 0.0666. The standard InChI is InChI=1S/C5H4FIS/c1-3-2-8-5(6)4(3)7/h2H,1H3. The van der Waals surface area contributed by atoms with E-state index >= 15 is 0 Å². The van der Waals surface area contributed by atoms with Crippen molar-refractivity contribution >= 4 is 33.9 Å². The first-order valence-electron chi connectivity index (χ1n) is 2.11. The third-order valence-electron chi connectivity index (χ3n) is 0.858. The molecule has 44 valence electrons. The van der Waals surface area contributed by atoms with Crippen molar-refractivity contribution in [2.24, 2.45) is 0 Å². The van der Waals surface area contributed by atoms with Crippen LogP contribution in [0.25, 0.3) is 0 Å². The van der Waals surface area contributed by atoms with Gasteiger partial charge in [-0.2, -0.15) is 4.39 Å². The third kappa shape index (κ3) is 1.02. The lowest BCUT2D eigenvalue weighted by atomic mass is 10.4. The molecule has 0 aromatic carbocycles. The average molecular weight is 242 g/mol. The summed E-state index contributed by atoms with van der Waals surface area (Å²) in [4.78, 5) is 0. The second-order valence-electron chi connectivity index (χ2n) is 1.51. The normalized spacial score (nSPS) is 9.88. The fourth-order valence-electron chi connectivity index (χ4n) is 0.399. The summed E-state index contributed by atoms with van der Waals surface area (Å²) in [5.41, 5.74) is 1.04. The van der Waals surface area contributed by atoms with Gasteiger partial charge < -0.3 is 0 Å². The van der Waals surface area contributed by atoms with Gasteiger partial charge in [0.2, 0.25) is 0 Å². The van der Waals surface area contributed by atoms with Crippen LogP contribution in [0.2, 0.25) is 0 Å². The smallest absolute Gasteiger partial charge is 0.190 e. The zero-order chi connectivity index (χ0) is 6.15. The summed E-state index contributed by atoms with van der Waals surface area (Å²) in [6, 6.07) is 0. The van der Waals surface area contributed by atoms with Gasteiger partial charge in [-0.05, 0) is 40.5 Å². The van der Waals surface area contributed by atoms with Gasteiger partial charge >= 0.3 is 0 Å². The van der Waals surface area contributed by atoms with Gasteiger partial charge in [0.25, 0.3) is 0 Å². The molecular weight excluding hydrogens is 238 g/mol. The van der Waals surface area contributed by atoms with Crippen LogP contribution in [0.15, 0.2) is 5.38 Å². The van der Waals surface area contributed by atoms with Gasteiger partial charge in [0, 0.05) is 0 Å². The first kappa shape index (κ1) is 6.48. The van der Waals surface area contributed by atoms with Gasteiger partial charge in [0.15, 0.2) is 5.13 Å². The van der Waals surface area contributed by atoms with E-state index in [4.69, 9.17) is 0 Å². The molecule has 8 heavy (non-hydrogen) atoms. The van der Waals surface area contributed by atoms with Crippen LogP contribution < -0.4 is 0 Å². The molecule has 3 heteroatoms. The van der Waals surface area contributed by atoms with Crippen LogP contribution in [0.3, 0.4) is 0 Å². The molecule has 0 aliphatic carbocycles. The molecule has 0 spiro atoms. The molecule has 0 bridgehead atoms. The van der Waals surface area contributed by atoms with Crippen molar-refractivity contribution in [1.29, 1.82) is 0 Å². The van der Waals surface area contributed by atoms with E-state index in [9.17, 15) is 4.39 Å². The molecule has 0 unspecified atom stereocenters. The number of thiophene rings is 1. The largest absolute Gasteiger partial charge is 0.194 e. The van der Waals surface area contributed by atoms with Gasteiger partial charge in [0.05, 0.1) is 3.57 Å². The van der Waals surface area contributed by atoms with E-state index in [1.807, 2.05) is 34.9 Å². The van der Waals surface area contributed by atoms with Crippen LogP contribution in [0.4, 0.5) is 4.39 Å². The molecule has 1 aromatic heterocycles. The molecule has 0 nitrogen and oxygen atoms in total. The highest BCUT2D eigenvalue weighted by molar-refractivity contribution is 14.1. The molecule has 0 radical (unpaired) electrons. The highest BCUT2D eigenvalue weighted by Gasteiger charge is 2.01. The van der Waals surface area contributed by atoms with Crippen LogP contribution in [0.1, 0.15) is 5.56 Å². The lowest BCUT2D eigenvalue weighted by Crippen LogP contribution is -1.70. The fourth-order valence-corrected chi connectivity index (χ4v) is 1.81. The maximum atomic E-state index is 12.4. The Kier molecular flexibility index (Phi) is 1.87. The highest BCUT2D eigenvalue weighted by Crippen LogP contribution is 2.20. The summed E-state index contributed by atoms with van der Waals surface area (Å²) in [6.07, 6.45) is 0. The summed E-state index contributed by atoms with van der Waals surface area (Å²) in [6.45, 7) is 1.90. The summed E-state index contributed by atoms with van der Waals surface area (Å²) >= 11 is 3.16. The van der Waals surface area contributed by atoms with E-state index in [2.05, 4.69) is 0 Å². The van der Waals surface area contributed by atoms with Crippen LogP contribution >= 0.6 is 33.9 Å². The lowest BCUT2D eigenvalue weighted by molar-refractivity contribution is 0.649. The number of rotatable bonds is 0. The fraction of sp³-hybridized carbons (Fsp3) is 0.200. The summed E-state index contributed by atoms with van der Waals surface area (Å²) in [5, 5.41) is 1.75. The third-order valence-corrected chi connectivity index (χ3v) is 3.43. The zero-order valence-corrected chi connectivity index (χ0v) is 7.22. The van der Waals surface area contributed by atoms with Crippen LogP contribution in [-0.2, 0) is 0 Å². The van der Waals surface area contributed by atoms with E-state index in [-0.39, 0.29) is 5.13 Å². The predicted octanol–water partition coefficient (Wildman–Crippen LogP) is 2.80. The van der Waals surface area contributed by atoms with Crippen molar-refractivity contribution in [3.05, 3.63) is 19.6 Å². The Bertz CT molecular complexity index is 175. The monoisotopic (exact) mass is 242 g/mol. The Labute approximate surface area is 64.9 Å². The minimum Gasteiger partial charge on any atom is -0.194 e. The van der Waals surface area contributed by atoms with E-state index in [1.165, 1.54) is 0 Å². The molecule has 0 fully saturated rings. The molecule has 1 aromatic rings. The molecule has 0 saturated carbocycles. The first-order chi connectivity index (χ1) is 3.72. The number of aryl methyl sites for hydroxylation is 1. The maximum Gasteiger partial charge on any atom is 0.190 e. The predicted molar refractivity (Wildman–Crippen MR) is 41.7 cm³/mol. The van der Waals surface area contributed by atoms with E-state index in [1.54, 1.807) is 0 Å². The van der Waals surface area contributed by atoms with Gasteiger partial charge in [-0.3, -0.25) is 0 Å². The molecule has 0 aliphatic heterocycles. The molecule has 1 rings (SSSR count). The lowest BCUT2D eigenvalue weighted by Gasteiger charge is -1.80. The van der Waals surface area contributed by atoms with Gasteiger partial charge in [-0.15, -0.1) is 11.3 Å². The summed E-state index contributed by atoms with van der Waals surface area (Å²) < 4.78 is 13.1. The van der Waals surface area contributed by atoms with Crippen LogP contribution in [0, 0.1) is 15.6 Å². The van der Waals surface area contributed by atoms with Crippen LogP contribution in [0.5, 0.6) is 0 Å². The Morgan fingerprint density at radius 3 is 2.50 bits per heavy atom. The van der Waals surface area contributed by atoms with Crippen molar-refractivity contribution in [2.45, 2.75) is 6.92 Å². The van der Waals surface area contributed by atoms with Gasteiger partial charge in [-0.25, -0.2) is 0 Å². The molecule has 0 aliphatic rings. The number of hydrogen-bond acceptors (Lipinski definition) is 1. The Hall–Kier alpha value is 0.360. The minimum atomic E-state index is -0.0666.